The summed E-state index contributed by atoms with van der Waals surface area (Å²) < 4.78 is 22.0. The Morgan fingerprint density at radius 2 is 1.96 bits per heavy atom. The van der Waals surface area contributed by atoms with Crippen molar-refractivity contribution in [3.05, 3.63) is 41.9 Å². The maximum Gasteiger partial charge on any atom is 0.289 e. The summed E-state index contributed by atoms with van der Waals surface area (Å²) in [6, 6.07) is 8.92. The highest BCUT2D eigenvalue weighted by Gasteiger charge is 2.23. The van der Waals surface area contributed by atoms with Crippen molar-refractivity contribution in [2.24, 2.45) is 5.92 Å². The molecule has 1 fully saturated rings. The molecule has 1 aromatic heterocycles. The van der Waals surface area contributed by atoms with Crippen LogP contribution in [0.15, 0.2) is 34.7 Å². The largest absolute Gasteiger partial charge is 0.486 e. The smallest absolute Gasteiger partial charge is 0.289 e. The number of carbonyl (C=O) groups is 1. The third-order valence-corrected chi connectivity index (χ3v) is 4.67. The van der Waals surface area contributed by atoms with Gasteiger partial charge in [-0.1, -0.05) is 6.92 Å². The summed E-state index contributed by atoms with van der Waals surface area (Å²) >= 11 is 0. The Balaban J connectivity index is 1.36. The SMILES string of the molecule is CC1CCN(C(=O)c2ccc(COc3ccc4c(c3)OCO4)o2)CC1. The highest BCUT2D eigenvalue weighted by Crippen LogP contribution is 2.35. The number of hydrogen-bond donors (Lipinski definition) is 0. The number of amides is 1. The fraction of sp³-hybridized carbons (Fsp3) is 0.421. The second kappa shape index (κ2) is 6.70. The van der Waals surface area contributed by atoms with Gasteiger partial charge in [-0.15, -0.1) is 0 Å². The minimum absolute atomic E-state index is 0.0405. The van der Waals surface area contributed by atoms with Gasteiger partial charge in [-0.05, 0) is 43.0 Å². The van der Waals surface area contributed by atoms with Gasteiger partial charge in [0.1, 0.15) is 18.1 Å². The molecule has 1 amide bonds. The lowest BCUT2D eigenvalue weighted by Gasteiger charge is -2.29. The first-order valence-corrected chi connectivity index (χ1v) is 8.59. The quantitative estimate of drug-likeness (QED) is 0.851. The van der Waals surface area contributed by atoms with Crippen molar-refractivity contribution in [3.63, 3.8) is 0 Å². The number of piperidine rings is 1. The Labute approximate surface area is 146 Å². The molecule has 0 spiro atoms. The second-order valence-electron chi connectivity index (χ2n) is 6.54. The Kier molecular flexibility index (Phi) is 4.26. The highest BCUT2D eigenvalue weighted by molar-refractivity contribution is 5.91. The van der Waals surface area contributed by atoms with Crippen molar-refractivity contribution < 1.29 is 23.4 Å². The van der Waals surface area contributed by atoms with Gasteiger partial charge < -0.3 is 23.5 Å². The van der Waals surface area contributed by atoms with Gasteiger partial charge in [0.2, 0.25) is 6.79 Å². The van der Waals surface area contributed by atoms with E-state index in [1.165, 1.54) is 0 Å². The molecule has 4 rings (SSSR count). The lowest BCUT2D eigenvalue weighted by molar-refractivity contribution is 0.0661. The fourth-order valence-corrected chi connectivity index (χ4v) is 3.06. The van der Waals surface area contributed by atoms with E-state index in [2.05, 4.69) is 6.92 Å². The monoisotopic (exact) mass is 343 g/mol. The molecule has 2 aromatic rings. The number of fused-ring (bicyclic) bond motifs is 1. The van der Waals surface area contributed by atoms with Crippen molar-refractivity contribution in [2.45, 2.75) is 26.4 Å². The van der Waals surface area contributed by atoms with Gasteiger partial charge in [-0.25, -0.2) is 0 Å². The predicted octanol–water partition coefficient (Wildman–Crippen LogP) is 3.46. The molecule has 0 N–H and O–H groups in total. The fourth-order valence-electron chi connectivity index (χ4n) is 3.06. The Hall–Kier alpha value is -2.63. The van der Waals surface area contributed by atoms with Gasteiger partial charge in [0.15, 0.2) is 17.3 Å². The van der Waals surface area contributed by atoms with E-state index in [9.17, 15) is 4.79 Å². The number of hydrogen-bond acceptors (Lipinski definition) is 5. The first-order chi connectivity index (χ1) is 12.2. The average Bonchev–Trinajstić information content (AvgIpc) is 3.29. The molecule has 2 aliphatic heterocycles. The normalized spacial score (nSPS) is 16.9. The van der Waals surface area contributed by atoms with Crippen molar-refractivity contribution >= 4 is 5.91 Å². The van der Waals surface area contributed by atoms with Crippen LogP contribution in [-0.2, 0) is 6.61 Å². The van der Waals surface area contributed by atoms with Crippen molar-refractivity contribution in [2.75, 3.05) is 19.9 Å². The molecule has 0 bridgehead atoms. The van der Waals surface area contributed by atoms with Crippen LogP contribution in [0.25, 0.3) is 0 Å². The molecule has 1 aromatic carbocycles. The van der Waals surface area contributed by atoms with Crippen molar-refractivity contribution in [1.29, 1.82) is 0 Å². The molecule has 0 atom stereocenters. The molecule has 6 heteroatoms. The predicted molar refractivity (Wildman–Crippen MR) is 89.9 cm³/mol. The second-order valence-corrected chi connectivity index (χ2v) is 6.54. The number of benzene rings is 1. The number of ether oxygens (including phenoxy) is 3. The van der Waals surface area contributed by atoms with Gasteiger partial charge in [0.05, 0.1) is 0 Å². The topological polar surface area (TPSA) is 61.1 Å². The van der Waals surface area contributed by atoms with Crippen LogP contribution < -0.4 is 14.2 Å². The van der Waals surface area contributed by atoms with E-state index >= 15 is 0 Å². The summed E-state index contributed by atoms with van der Waals surface area (Å²) in [6.45, 7) is 4.30. The Bertz CT molecular complexity index is 761. The van der Waals surface area contributed by atoms with Crippen molar-refractivity contribution in [3.8, 4) is 17.2 Å². The maximum atomic E-state index is 12.5. The van der Waals surface area contributed by atoms with Crippen molar-refractivity contribution in [1.82, 2.24) is 4.90 Å². The molecule has 0 aliphatic carbocycles. The van der Waals surface area contributed by atoms with E-state index in [1.807, 2.05) is 17.0 Å². The van der Waals surface area contributed by atoms with Crippen LogP contribution in [0.4, 0.5) is 0 Å². The Morgan fingerprint density at radius 3 is 2.80 bits per heavy atom. The molecule has 132 valence electrons. The maximum absolute atomic E-state index is 12.5. The minimum Gasteiger partial charge on any atom is -0.486 e. The lowest BCUT2D eigenvalue weighted by Crippen LogP contribution is -2.37. The highest BCUT2D eigenvalue weighted by atomic mass is 16.7. The van der Waals surface area contributed by atoms with E-state index in [4.69, 9.17) is 18.6 Å². The van der Waals surface area contributed by atoms with Gasteiger partial charge in [-0.2, -0.15) is 0 Å². The van der Waals surface area contributed by atoms with Gasteiger partial charge in [-0.3, -0.25) is 4.79 Å². The molecule has 6 nitrogen and oxygen atoms in total. The molecule has 0 saturated carbocycles. The number of rotatable bonds is 4. The first-order valence-electron chi connectivity index (χ1n) is 8.59. The summed E-state index contributed by atoms with van der Waals surface area (Å²) in [7, 11) is 0. The molecule has 2 aliphatic rings. The van der Waals surface area contributed by atoms with Crippen LogP contribution in [-0.4, -0.2) is 30.7 Å². The number of likely N-dealkylation sites (tertiary alicyclic amines) is 1. The van der Waals surface area contributed by atoms with Crippen LogP contribution in [0.3, 0.4) is 0 Å². The summed E-state index contributed by atoms with van der Waals surface area (Å²) in [6.07, 6.45) is 2.10. The summed E-state index contributed by atoms with van der Waals surface area (Å²) in [4.78, 5) is 14.3. The zero-order chi connectivity index (χ0) is 17.2. The molecule has 0 radical (unpaired) electrons. The number of nitrogens with zero attached hydrogens (tertiary/aromatic N) is 1. The Morgan fingerprint density at radius 1 is 1.16 bits per heavy atom. The van der Waals surface area contributed by atoms with Gasteiger partial charge in [0, 0.05) is 19.2 Å². The van der Waals surface area contributed by atoms with E-state index in [0.717, 1.165) is 25.9 Å². The third-order valence-electron chi connectivity index (χ3n) is 4.67. The zero-order valence-electron chi connectivity index (χ0n) is 14.2. The minimum atomic E-state index is -0.0405. The van der Waals surface area contributed by atoms with Crippen LogP contribution in [0.1, 0.15) is 36.1 Å². The van der Waals surface area contributed by atoms with Gasteiger partial charge in [0.25, 0.3) is 5.91 Å². The molecule has 3 heterocycles. The molecule has 0 unspecified atom stereocenters. The van der Waals surface area contributed by atoms with E-state index in [1.54, 1.807) is 18.2 Å². The zero-order valence-corrected chi connectivity index (χ0v) is 14.2. The van der Waals surface area contributed by atoms with Gasteiger partial charge >= 0.3 is 0 Å². The van der Waals surface area contributed by atoms with Crippen LogP contribution >= 0.6 is 0 Å². The lowest BCUT2D eigenvalue weighted by atomic mass is 9.99. The van der Waals surface area contributed by atoms with Crippen LogP contribution in [0.2, 0.25) is 0 Å². The standard InChI is InChI=1S/C19H21NO5/c1-13-6-8-20(9-7-13)19(21)17-5-3-15(25-17)11-22-14-2-4-16-18(10-14)24-12-23-16/h2-5,10,13H,6-9,11-12H2,1H3. The van der Waals surface area contributed by atoms with E-state index in [0.29, 0.717) is 34.7 Å². The average molecular weight is 343 g/mol. The number of furan rings is 1. The van der Waals surface area contributed by atoms with E-state index < -0.39 is 0 Å². The molecular weight excluding hydrogens is 322 g/mol. The number of carbonyl (C=O) groups excluding carboxylic acids is 1. The summed E-state index contributed by atoms with van der Waals surface area (Å²) in [5.41, 5.74) is 0. The summed E-state index contributed by atoms with van der Waals surface area (Å²) in [5, 5.41) is 0. The molecule has 1 saturated heterocycles. The third kappa shape index (κ3) is 3.43. The molecule has 25 heavy (non-hydrogen) atoms. The first kappa shape index (κ1) is 15.9. The molecular formula is C19H21NO5. The van der Waals surface area contributed by atoms with E-state index in [-0.39, 0.29) is 19.3 Å². The summed E-state index contributed by atoms with van der Waals surface area (Å²) in [5.74, 6) is 3.69. The van der Waals surface area contributed by atoms with Crippen LogP contribution in [0.5, 0.6) is 17.2 Å². The van der Waals surface area contributed by atoms with Crippen LogP contribution in [0, 0.1) is 5.92 Å².